The average molecular weight is 377 g/mol. The fourth-order valence-corrected chi connectivity index (χ4v) is 4.12. The molecule has 2 aliphatic rings. The first-order valence-electron chi connectivity index (χ1n) is 10.3. The van der Waals surface area contributed by atoms with E-state index < -0.39 is 0 Å². The minimum Gasteiger partial charge on any atom is -0.376 e. The number of ether oxygens (including phenoxy) is 1. The van der Waals surface area contributed by atoms with Crippen LogP contribution in [-0.2, 0) is 20.9 Å². The summed E-state index contributed by atoms with van der Waals surface area (Å²) in [6, 6.07) is 1.85. The van der Waals surface area contributed by atoms with Gasteiger partial charge in [-0.2, -0.15) is 5.10 Å². The van der Waals surface area contributed by atoms with Crippen LogP contribution in [0.15, 0.2) is 12.3 Å². The van der Waals surface area contributed by atoms with Gasteiger partial charge in [0.1, 0.15) is 6.54 Å². The van der Waals surface area contributed by atoms with E-state index in [0.717, 1.165) is 50.9 Å². The van der Waals surface area contributed by atoms with Crippen LogP contribution in [0.2, 0.25) is 0 Å². The highest BCUT2D eigenvalue weighted by Crippen LogP contribution is 2.29. The fraction of sp³-hybridized carbons (Fsp3) is 0.750. The molecule has 1 aliphatic carbocycles. The summed E-state index contributed by atoms with van der Waals surface area (Å²) in [4.78, 5) is 27.2. The number of carbonyl (C=O) groups is 2. The summed E-state index contributed by atoms with van der Waals surface area (Å²) in [5.74, 6) is 0.235. The van der Waals surface area contributed by atoms with Gasteiger partial charge in [0.05, 0.1) is 17.8 Å². The zero-order valence-corrected chi connectivity index (χ0v) is 16.5. The molecule has 0 bridgehead atoms. The second-order valence-corrected chi connectivity index (χ2v) is 7.78. The van der Waals surface area contributed by atoms with Gasteiger partial charge in [-0.1, -0.05) is 6.92 Å². The Hall–Kier alpha value is -1.89. The molecule has 1 N–H and O–H groups in total. The molecule has 1 saturated heterocycles. The zero-order valence-electron chi connectivity index (χ0n) is 16.5. The number of likely N-dealkylation sites (tertiary alicyclic amines) is 1. The minimum atomic E-state index is -0.0986. The summed E-state index contributed by atoms with van der Waals surface area (Å²) < 4.78 is 7.68. The Labute approximate surface area is 161 Å². The quantitative estimate of drug-likeness (QED) is 0.788. The van der Waals surface area contributed by atoms with Gasteiger partial charge in [-0.3, -0.25) is 14.3 Å². The molecule has 2 fully saturated rings. The van der Waals surface area contributed by atoms with Crippen molar-refractivity contribution < 1.29 is 14.3 Å². The molecule has 1 aromatic rings. The van der Waals surface area contributed by atoms with Gasteiger partial charge in [0.15, 0.2) is 0 Å². The van der Waals surface area contributed by atoms with E-state index in [9.17, 15) is 9.59 Å². The van der Waals surface area contributed by atoms with Gasteiger partial charge in [0.2, 0.25) is 11.8 Å². The summed E-state index contributed by atoms with van der Waals surface area (Å²) in [5, 5.41) is 7.38. The van der Waals surface area contributed by atoms with Crippen molar-refractivity contribution in [3.63, 3.8) is 0 Å². The van der Waals surface area contributed by atoms with E-state index in [1.54, 1.807) is 4.68 Å². The van der Waals surface area contributed by atoms with Crippen molar-refractivity contribution >= 4 is 11.8 Å². The lowest BCUT2D eigenvalue weighted by Gasteiger charge is -2.37. The molecule has 1 aliphatic heterocycles. The van der Waals surface area contributed by atoms with E-state index >= 15 is 0 Å². The van der Waals surface area contributed by atoms with Crippen molar-refractivity contribution in [3.8, 4) is 0 Å². The van der Waals surface area contributed by atoms with E-state index in [-0.39, 0.29) is 36.4 Å². The van der Waals surface area contributed by atoms with E-state index in [1.165, 1.54) is 0 Å². The highest BCUT2D eigenvalue weighted by molar-refractivity contribution is 5.79. The minimum absolute atomic E-state index is 0.0203. The summed E-state index contributed by atoms with van der Waals surface area (Å²) >= 11 is 0. The third kappa shape index (κ3) is 5.31. The molecule has 27 heavy (non-hydrogen) atoms. The van der Waals surface area contributed by atoms with E-state index in [4.69, 9.17) is 4.74 Å². The summed E-state index contributed by atoms with van der Waals surface area (Å²) in [6.07, 6.45) is 7.15. The molecule has 2 heterocycles. The first-order valence-corrected chi connectivity index (χ1v) is 10.3. The Morgan fingerprint density at radius 2 is 2.07 bits per heavy atom. The molecular formula is C20H32N4O3. The number of hydrogen-bond acceptors (Lipinski definition) is 4. The molecule has 2 amide bonds. The Morgan fingerprint density at radius 1 is 1.30 bits per heavy atom. The van der Waals surface area contributed by atoms with Crippen LogP contribution < -0.4 is 5.32 Å². The molecule has 0 radical (unpaired) electrons. The Kier molecular flexibility index (Phi) is 6.88. The maximum absolute atomic E-state index is 12.8. The number of amides is 2. The van der Waals surface area contributed by atoms with Crippen LogP contribution in [0.3, 0.4) is 0 Å². The first kappa shape index (κ1) is 19.9. The molecule has 3 rings (SSSR count). The molecular weight excluding hydrogens is 344 g/mol. The lowest BCUT2D eigenvalue weighted by molar-refractivity contribution is -0.138. The predicted octanol–water partition coefficient (Wildman–Crippen LogP) is 1.89. The molecule has 1 saturated carbocycles. The molecule has 150 valence electrons. The lowest BCUT2D eigenvalue weighted by atomic mass is 9.82. The van der Waals surface area contributed by atoms with E-state index in [0.29, 0.717) is 13.0 Å². The van der Waals surface area contributed by atoms with Crippen LogP contribution in [0.1, 0.15) is 51.1 Å². The zero-order chi connectivity index (χ0) is 19.2. The average Bonchev–Trinajstić information content (AvgIpc) is 3.32. The monoisotopic (exact) mass is 376 g/mol. The van der Waals surface area contributed by atoms with Crippen LogP contribution in [0.5, 0.6) is 0 Å². The van der Waals surface area contributed by atoms with Crippen molar-refractivity contribution in [3.05, 3.63) is 18.0 Å². The Balaban J connectivity index is 1.57. The number of carbonyl (C=O) groups excluding carboxylic acids is 2. The highest BCUT2D eigenvalue weighted by Gasteiger charge is 2.37. The summed E-state index contributed by atoms with van der Waals surface area (Å²) in [5.41, 5.74) is 0.896. The summed E-state index contributed by atoms with van der Waals surface area (Å²) in [7, 11) is 0. The Morgan fingerprint density at radius 3 is 2.74 bits per heavy atom. The van der Waals surface area contributed by atoms with Crippen molar-refractivity contribution in [1.29, 1.82) is 0 Å². The lowest BCUT2D eigenvalue weighted by Crippen LogP contribution is -2.51. The second kappa shape index (κ2) is 9.35. The number of aromatic nitrogens is 2. The fourth-order valence-electron chi connectivity index (χ4n) is 4.12. The van der Waals surface area contributed by atoms with Gasteiger partial charge in [-0.25, -0.2) is 0 Å². The summed E-state index contributed by atoms with van der Waals surface area (Å²) in [6.45, 7) is 6.62. The van der Waals surface area contributed by atoms with Gasteiger partial charge in [0.25, 0.3) is 0 Å². The predicted molar refractivity (Wildman–Crippen MR) is 102 cm³/mol. The second-order valence-electron chi connectivity index (χ2n) is 7.78. The maximum Gasteiger partial charge on any atom is 0.242 e. The normalized spacial score (nSPS) is 25.6. The van der Waals surface area contributed by atoms with Crippen LogP contribution in [0.4, 0.5) is 0 Å². The highest BCUT2D eigenvalue weighted by atomic mass is 16.5. The molecule has 0 unspecified atom stereocenters. The van der Waals surface area contributed by atoms with Crippen molar-refractivity contribution in [2.24, 2.45) is 5.92 Å². The molecule has 0 aromatic carbocycles. The topological polar surface area (TPSA) is 76.5 Å². The van der Waals surface area contributed by atoms with Gasteiger partial charge in [-0.15, -0.1) is 0 Å². The van der Waals surface area contributed by atoms with Gasteiger partial charge < -0.3 is 15.0 Å². The Bertz CT molecular complexity index is 639. The molecule has 1 aromatic heterocycles. The van der Waals surface area contributed by atoms with Crippen LogP contribution in [0, 0.1) is 12.8 Å². The van der Waals surface area contributed by atoms with Crippen molar-refractivity contribution in [1.82, 2.24) is 20.0 Å². The molecule has 3 atom stereocenters. The number of aryl methyl sites for hydroxylation is 1. The van der Waals surface area contributed by atoms with Gasteiger partial charge in [-0.05, 0) is 51.5 Å². The number of rotatable bonds is 7. The number of hydrogen-bond donors (Lipinski definition) is 1. The standard InChI is InChI=1S/C20H32N4O3/c1-3-12-27-18-13-16(20(26)23-9-4-5-10-23)6-7-17(18)21-19(25)14-24-11-8-15(2)22-24/h8,11,16-18H,3-7,9-10,12-14H2,1-2H3,(H,21,25)/t16-,17+,18+/m0/s1. The first-order chi connectivity index (χ1) is 13.1. The van der Waals surface area contributed by atoms with Crippen molar-refractivity contribution in [2.75, 3.05) is 19.7 Å². The maximum atomic E-state index is 12.8. The third-order valence-corrected chi connectivity index (χ3v) is 5.52. The van der Waals surface area contributed by atoms with E-state index in [1.807, 2.05) is 24.1 Å². The van der Waals surface area contributed by atoms with Crippen LogP contribution >= 0.6 is 0 Å². The number of nitrogens with one attached hydrogen (secondary N) is 1. The van der Waals surface area contributed by atoms with Gasteiger partial charge in [0, 0.05) is 31.8 Å². The van der Waals surface area contributed by atoms with Crippen LogP contribution in [0.25, 0.3) is 0 Å². The van der Waals surface area contributed by atoms with E-state index in [2.05, 4.69) is 17.3 Å². The smallest absolute Gasteiger partial charge is 0.242 e. The largest absolute Gasteiger partial charge is 0.376 e. The molecule has 0 spiro atoms. The van der Waals surface area contributed by atoms with Crippen molar-refractivity contribution in [2.45, 2.75) is 71.1 Å². The molecule has 7 heteroatoms. The van der Waals surface area contributed by atoms with Gasteiger partial charge >= 0.3 is 0 Å². The third-order valence-electron chi connectivity index (χ3n) is 5.52. The SMILES string of the molecule is CCCO[C@@H]1C[C@@H](C(=O)N2CCCC2)CC[C@H]1NC(=O)Cn1ccc(C)n1. The molecule has 7 nitrogen and oxygen atoms in total. The number of nitrogens with zero attached hydrogens (tertiary/aromatic N) is 3. The van der Waals surface area contributed by atoms with Crippen LogP contribution in [-0.4, -0.2) is 58.3 Å².